The topological polar surface area (TPSA) is 58.5 Å². The highest BCUT2D eigenvalue weighted by molar-refractivity contribution is 5.79. The average molecular weight is 328 g/mol. The van der Waals surface area contributed by atoms with Crippen molar-refractivity contribution in [3.63, 3.8) is 0 Å². The molecule has 1 aliphatic rings. The van der Waals surface area contributed by atoms with E-state index in [4.69, 9.17) is 11.2 Å². The monoisotopic (exact) mass is 328 g/mol. The van der Waals surface area contributed by atoms with Crippen LogP contribution in [0, 0.1) is 18.3 Å². The van der Waals surface area contributed by atoms with Crippen LogP contribution in [-0.2, 0) is 6.54 Å². The molecule has 0 saturated heterocycles. The normalized spacial score (nSPS) is 21.0. The van der Waals surface area contributed by atoms with Crippen molar-refractivity contribution in [2.24, 2.45) is 10.9 Å². The second kappa shape index (κ2) is 9.82. The molecule has 0 spiro atoms. The van der Waals surface area contributed by atoms with Gasteiger partial charge in [-0.2, -0.15) is 0 Å². The van der Waals surface area contributed by atoms with Crippen LogP contribution in [-0.4, -0.2) is 30.1 Å². The summed E-state index contributed by atoms with van der Waals surface area (Å²) in [5.41, 5.74) is 1.07. The predicted octanol–water partition coefficient (Wildman–Crippen LogP) is 2.73. The summed E-state index contributed by atoms with van der Waals surface area (Å²) in [6, 6.07) is 3.94. The summed E-state index contributed by atoms with van der Waals surface area (Å²) in [5, 5.41) is 6.25. The summed E-state index contributed by atoms with van der Waals surface area (Å²) in [6.45, 7) is 6.14. The number of ether oxygens (including phenoxy) is 1. The number of guanidine groups is 1. The summed E-state index contributed by atoms with van der Waals surface area (Å²) < 4.78 is 6.05. The Labute approximate surface area is 145 Å². The first-order valence-electron chi connectivity index (χ1n) is 8.78. The number of nitrogens with one attached hydrogen (secondary N) is 2. The number of rotatable bonds is 6. The maximum atomic E-state index is 6.05. The Kier molecular flexibility index (Phi) is 7.41. The standard InChI is InChI=1S/C19H28N4O/c1-4-11-22-19(20-5-2)23-14-16-10-12-21-18(13-16)24-17-8-6-15(3)7-9-17/h1,10,12-13,15,17H,5-9,11,14H2,2-3H3,(H2,20,22,23). The molecular formula is C19H28N4O. The average Bonchev–Trinajstić information content (AvgIpc) is 2.60. The molecule has 2 rings (SSSR count). The molecule has 0 atom stereocenters. The zero-order valence-electron chi connectivity index (χ0n) is 14.7. The van der Waals surface area contributed by atoms with Crippen LogP contribution < -0.4 is 15.4 Å². The van der Waals surface area contributed by atoms with Gasteiger partial charge in [-0.25, -0.2) is 9.98 Å². The van der Waals surface area contributed by atoms with Gasteiger partial charge in [-0.3, -0.25) is 0 Å². The first kappa shape index (κ1) is 18.1. The van der Waals surface area contributed by atoms with E-state index in [1.807, 2.05) is 19.1 Å². The van der Waals surface area contributed by atoms with Gasteiger partial charge in [-0.05, 0) is 50.2 Å². The van der Waals surface area contributed by atoms with Crippen molar-refractivity contribution in [3.05, 3.63) is 23.9 Å². The van der Waals surface area contributed by atoms with Gasteiger partial charge in [-0.1, -0.05) is 12.8 Å². The molecule has 5 heteroatoms. The molecule has 5 nitrogen and oxygen atoms in total. The van der Waals surface area contributed by atoms with Crippen molar-refractivity contribution >= 4 is 5.96 Å². The Hall–Kier alpha value is -2.22. The number of hydrogen-bond donors (Lipinski definition) is 2. The molecule has 130 valence electrons. The second-order valence-electron chi connectivity index (χ2n) is 6.25. The Morgan fingerprint density at radius 3 is 2.88 bits per heavy atom. The Balaban J connectivity index is 1.92. The number of pyridine rings is 1. The Morgan fingerprint density at radius 1 is 1.38 bits per heavy atom. The molecule has 1 aliphatic carbocycles. The fourth-order valence-electron chi connectivity index (χ4n) is 2.78. The molecule has 1 aromatic heterocycles. The predicted molar refractivity (Wildman–Crippen MR) is 97.9 cm³/mol. The quantitative estimate of drug-likeness (QED) is 0.479. The third-order valence-electron chi connectivity index (χ3n) is 4.17. The van der Waals surface area contributed by atoms with Gasteiger partial charge < -0.3 is 15.4 Å². The third-order valence-corrected chi connectivity index (χ3v) is 4.17. The van der Waals surface area contributed by atoms with Gasteiger partial charge in [-0.15, -0.1) is 6.42 Å². The van der Waals surface area contributed by atoms with Crippen molar-refractivity contribution in [1.29, 1.82) is 0 Å². The van der Waals surface area contributed by atoms with Gasteiger partial charge in [0.15, 0.2) is 5.96 Å². The minimum absolute atomic E-state index is 0.294. The van der Waals surface area contributed by atoms with E-state index in [0.717, 1.165) is 36.8 Å². The highest BCUT2D eigenvalue weighted by Crippen LogP contribution is 2.26. The lowest BCUT2D eigenvalue weighted by Crippen LogP contribution is -2.37. The smallest absolute Gasteiger partial charge is 0.213 e. The van der Waals surface area contributed by atoms with Gasteiger partial charge in [0.05, 0.1) is 13.1 Å². The molecule has 0 aromatic carbocycles. The number of terminal acetylenes is 1. The molecule has 2 N–H and O–H groups in total. The number of aromatic nitrogens is 1. The van der Waals surface area contributed by atoms with E-state index in [0.29, 0.717) is 25.1 Å². The van der Waals surface area contributed by atoms with Gasteiger partial charge in [0.2, 0.25) is 5.88 Å². The van der Waals surface area contributed by atoms with E-state index in [9.17, 15) is 0 Å². The fourth-order valence-corrected chi connectivity index (χ4v) is 2.78. The van der Waals surface area contributed by atoms with Crippen molar-refractivity contribution in [2.75, 3.05) is 13.1 Å². The highest BCUT2D eigenvalue weighted by Gasteiger charge is 2.19. The second-order valence-corrected chi connectivity index (χ2v) is 6.25. The van der Waals surface area contributed by atoms with Crippen molar-refractivity contribution in [3.8, 4) is 18.2 Å². The third kappa shape index (κ3) is 6.11. The van der Waals surface area contributed by atoms with Gasteiger partial charge in [0.25, 0.3) is 0 Å². The SMILES string of the molecule is C#CCNC(=NCc1ccnc(OC2CCC(C)CC2)c1)NCC. The van der Waals surface area contributed by atoms with Crippen molar-refractivity contribution < 1.29 is 4.74 Å². The van der Waals surface area contributed by atoms with E-state index < -0.39 is 0 Å². The number of hydrogen-bond acceptors (Lipinski definition) is 3. The molecule has 0 radical (unpaired) electrons. The largest absolute Gasteiger partial charge is 0.474 e. The molecule has 0 amide bonds. The van der Waals surface area contributed by atoms with Crippen LogP contribution in [0.2, 0.25) is 0 Å². The van der Waals surface area contributed by atoms with Crippen LogP contribution >= 0.6 is 0 Å². The van der Waals surface area contributed by atoms with Crippen LogP contribution in [0.4, 0.5) is 0 Å². The number of nitrogens with zero attached hydrogens (tertiary/aromatic N) is 2. The van der Waals surface area contributed by atoms with E-state index in [1.54, 1.807) is 6.20 Å². The highest BCUT2D eigenvalue weighted by atomic mass is 16.5. The Morgan fingerprint density at radius 2 is 2.17 bits per heavy atom. The van der Waals surface area contributed by atoms with Crippen LogP contribution in [0.1, 0.15) is 45.1 Å². The first-order valence-corrected chi connectivity index (χ1v) is 8.78. The lowest BCUT2D eigenvalue weighted by molar-refractivity contribution is 0.130. The van der Waals surface area contributed by atoms with Crippen LogP contribution in [0.25, 0.3) is 0 Å². The maximum Gasteiger partial charge on any atom is 0.213 e. The van der Waals surface area contributed by atoms with Crippen LogP contribution in [0.3, 0.4) is 0 Å². The molecule has 0 bridgehead atoms. The molecular weight excluding hydrogens is 300 g/mol. The van der Waals surface area contributed by atoms with Gasteiger partial charge in [0.1, 0.15) is 6.10 Å². The maximum absolute atomic E-state index is 6.05. The van der Waals surface area contributed by atoms with Crippen LogP contribution in [0.5, 0.6) is 5.88 Å². The van der Waals surface area contributed by atoms with Crippen molar-refractivity contribution in [1.82, 2.24) is 15.6 Å². The zero-order valence-corrected chi connectivity index (χ0v) is 14.7. The summed E-state index contributed by atoms with van der Waals surface area (Å²) in [7, 11) is 0. The summed E-state index contributed by atoms with van der Waals surface area (Å²) >= 11 is 0. The van der Waals surface area contributed by atoms with Gasteiger partial charge in [0, 0.05) is 18.8 Å². The van der Waals surface area contributed by atoms with Gasteiger partial charge >= 0.3 is 0 Å². The summed E-state index contributed by atoms with van der Waals surface area (Å²) in [4.78, 5) is 8.87. The van der Waals surface area contributed by atoms with E-state index in [1.165, 1.54) is 12.8 Å². The minimum atomic E-state index is 0.294. The van der Waals surface area contributed by atoms with E-state index in [-0.39, 0.29) is 0 Å². The number of aliphatic imine (C=N–C) groups is 1. The molecule has 1 heterocycles. The van der Waals surface area contributed by atoms with E-state index >= 15 is 0 Å². The summed E-state index contributed by atoms with van der Waals surface area (Å²) in [6.07, 6.45) is 12.1. The minimum Gasteiger partial charge on any atom is -0.474 e. The molecule has 1 fully saturated rings. The molecule has 1 aromatic rings. The van der Waals surface area contributed by atoms with E-state index in [2.05, 4.69) is 33.5 Å². The molecule has 0 unspecified atom stereocenters. The lowest BCUT2D eigenvalue weighted by atomic mass is 9.89. The zero-order chi connectivity index (χ0) is 17.2. The lowest BCUT2D eigenvalue weighted by Gasteiger charge is -2.26. The molecule has 24 heavy (non-hydrogen) atoms. The first-order chi connectivity index (χ1) is 11.7. The van der Waals surface area contributed by atoms with Crippen LogP contribution in [0.15, 0.2) is 23.3 Å². The van der Waals surface area contributed by atoms with Crippen molar-refractivity contribution in [2.45, 2.75) is 52.2 Å². The molecule has 1 saturated carbocycles. The summed E-state index contributed by atoms with van der Waals surface area (Å²) in [5.74, 6) is 4.79. The molecule has 0 aliphatic heterocycles. The fraction of sp³-hybridized carbons (Fsp3) is 0.579. The Bertz CT molecular complexity index is 571.